The van der Waals surface area contributed by atoms with Gasteiger partial charge in [-0.3, -0.25) is 15.0 Å². The largest absolute Gasteiger partial charge is 0.373 e. The van der Waals surface area contributed by atoms with Gasteiger partial charge < -0.3 is 20.0 Å². The maximum absolute atomic E-state index is 13.0. The summed E-state index contributed by atoms with van der Waals surface area (Å²) in [5.41, 5.74) is 0.660. The summed E-state index contributed by atoms with van der Waals surface area (Å²) in [6.07, 6.45) is 8.95. The van der Waals surface area contributed by atoms with E-state index in [-0.39, 0.29) is 17.4 Å². The lowest BCUT2D eigenvalue weighted by Gasteiger charge is -2.32. The highest BCUT2D eigenvalue weighted by Gasteiger charge is 2.26. The predicted octanol–water partition coefficient (Wildman–Crippen LogP) is 3.17. The Morgan fingerprint density at radius 3 is 2.41 bits per heavy atom. The van der Waals surface area contributed by atoms with Gasteiger partial charge in [-0.1, -0.05) is 12.8 Å². The first kappa shape index (κ1) is 24.6. The molecule has 4 rings (SSSR count). The highest BCUT2D eigenvalue weighted by Crippen LogP contribution is 2.25. The van der Waals surface area contributed by atoms with Crippen LogP contribution in [0.1, 0.15) is 63.4 Å². The van der Waals surface area contributed by atoms with Gasteiger partial charge in [-0.25, -0.2) is 4.98 Å². The van der Waals surface area contributed by atoms with Crippen molar-refractivity contribution in [2.75, 3.05) is 63.1 Å². The molecule has 8 nitrogen and oxygen atoms in total. The third kappa shape index (κ3) is 6.14. The zero-order valence-electron chi connectivity index (χ0n) is 20.7. The first-order valence-electron chi connectivity index (χ1n) is 13.1. The molecule has 34 heavy (non-hydrogen) atoms. The van der Waals surface area contributed by atoms with Gasteiger partial charge in [-0.2, -0.15) is 0 Å². The van der Waals surface area contributed by atoms with E-state index in [4.69, 9.17) is 10.4 Å². The third-order valence-electron chi connectivity index (χ3n) is 7.63. The van der Waals surface area contributed by atoms with Crippen LogP contribution in [0.5, 0.6) is 0 Å². The van der Waals surface area contributed by atoms with Gasteiger partial charge in [0.15, 0.2) is 5.78 Å². The van der Waals surface area contributed by atoms with E-state index in [1.54, 1.807) is 7.05 Å². The van der Waals surface area contributed by atoms with Crippen LogP contribution in [0.2, 0.25) is 0 Å². The normalized spacial score (nSPS) is 20.4. The van der Waals surface area contributed by atoms with Gasteiger partial charge in [-0.15, -0.1) is 0 Å². The van der Waals surface area contributed by atoms with Crippen molar-refractivity contribution < 1.29 is 9.59 Å². The molecule has 1 aromatic rings. The summed E-state index contributed by atoms with van der Waals surface area (Å²) in [5.74, 6) is 2.06. The molecular weight excluding hydrogens is 428 g/mol. The number of rotatable bonds is 9. The second kappa shape index (κ2) is 11.8. The fraction of sp³-hybridized carbons (Fsp3) is 0.692. The zero-order valence-corrected chi connectivity index (χ0v) is 20.7. The van der Waals surface area contributed by atoms with Gasteiger partial charge in [0.1, 0.15) is 17.3 Å². The molecule has 1 aromatic heterocycles. The number of carbonyl (C=O) groups excluding carboxylic acids is 2. The van der Waals surface area contributed by atoms with E-state index < -0.39 is 0 Å². The summed E-state index contributed by atoms with van der Waals surface area (Å²) in [4.78, 5) is 36.2. The first-order chi connectivity index (χ1) is 16.5. The maximum Gasteiger partial charge on any atom is 0.222 e. The minimum atomic E-state index is -0.0954. The molecule has 0 saturated carbocycles. The number of nitrogens with zero attached hydrogens (tertiary/aromatic N) is 4. The minimum Gasteiger partial charge on any atom is -0.373 e. The first-order valence-corrected chi connectivity index (χ1v) is 13.1. The molecule has 0 atom stereocenters. The number of nitrogens with one attached hydrogen (secondary N) is 2. The molecule has 0 aliphatic carbocycles. The van der Waals surface area contributed by atoms with Crippen molar-refractivity contribution in [1.29, 1.82) is 5.41 Å². The summed E-state index contributed by atoms with van der Waals surface area (Å²) in [5, 5.41) is 11.7. The number of ketones is 1. The second-order valence-electron chi connectivity index (χ2n) is 9.99. The Balaban J connectivity index is 1.28. The minimum absolute atomic E-state index is 0.0641. The van der Waals surface area contributed by atoms with Gasteiger partial charge in [0.2, 0.25) is 5.91 Å². The van der Waals surface area contributed by atoms with Gasteiger partial charge >= 0.3 is 0 Å². The Morgan fingerprint density at radius 1 is 1.03 bits per heavy atom. The predicted molar refractivity (Wildman–Crippen MR) is 136 cm³/mol. The maximum atomic E-state index is 13.0. The van der Waals surface area contributed by atoms with Crippen LogP contribution in [0.25, 0.3) is 0 Å². The highest BCUT2D eigenvalue weighted by molar-refractivity contribution is 6.45. The summed E-state index contributed by atoms with van der Waals surface area (Å²) < 4.78 is 0. The van der Waals surface area contributed by atoms with Crippen LogP contribution < -0.4 is 10.2 Å². The molecule has 3 saturated heterocycles. The van der Waals surface area contributed by atoms with Crippen LogP contribution in [0, 0.1) is 11.3 Å². The summed E-state index contributed by atoms with van der Waals surface area (Å²) in [7, 11) is 1.81. The van der Waals surface area contributed by atoms with Crippen molar-refractivity contribution in [3.05, 3.63) is 17.7 Å². The number of carbonyl (C=O) groups is 2. The van der Waals surface area contributed by atoms with Gasteiger partial charge in [-0.05, 0) is 63.2 Å². The van der Waals surface area contributed by atoms with E-state index in [1.807, 2.05) is 17.0 Å². The topological polar surface area (TPSA) is 92.6 Å². The number of pyridine rings is 1. The van der Waals surface area contributed by atoms with Crippen LogP contribution in [0.15, 0.2) is 12.1 Å². The quantitative estimate of drug-likeness (QED) is 0.541. The van der Waals surface area contributed by atoms with E-state index in [0.29, 0.717) is 30.1 Å². The molecule has 3 fully saturated rings. The number of amides is 1. The van der Waals surface area contributed by atoms with Crippen molar-refractivity contribution in [2.24, 2.45) is 5.92 Å². The average molecular weight is 469 g/mol. The summed E-state index contributed by atoms with van der Waals surface area (Å²) >= 11 is 0. The molecule has 2 N–H and O–H groups in total. The molecule has 0 spiro atoms. The standard InChI is InChI=1S/C26H40N6O2/c1-28-26-21(8-9-23(29-26)31-12-4-2-3-5-13-31)25(27)22(33)19-20-10-15-30(16-11-20)17-18-32-14-6-7-24(32)34/h8-9,20,27H,2-7,10-19H2,1H3,(H,28,29). The number of likely N-dealkylation sites (tertiary alicyclic amines) is 2. The van der Waals surface area contributed by atoms with Crippen LogP contribution in [0.4, 0.5) is 11.6 Å². The molecule has 3 aliphatic heterocycles. The van der Waals surface area contributed by atoms with Crippen LogP contribution >= 0.6 is 0 Å². The van der Waals surface area contributed by atoms with Crippen LogP contribution in [-0.4, -0.2) is 85.0 Å². The Hall–Kier alpha value is -2.48. The second-order valence-corrected chi connectivity index (χ2v) is 9.99. The lowest BCUT2D eigenvalue weighted by molar-refractivity contribution is -0.128. The van der Waals surface area contributed by atoms with E-state index in [1.165, 1.54) is 25.7 Å². The molecule has 8 heteroatoms. The fourth-order valence-corrected chi connectivity index (χ4v) is 5.45. The number of hydrogen-bond donors (Lipinski definition) is 2. The number of hydrogen-bond acceptors (Lipinski definition) is 7. The highest BCUT2D eigenvalue weighted by atomic mass is 16.2. The van der Waals surface area contributed by atoms with E-state index in [2.05, 4.69) is 15.1 Å². The Kier molecular flexibility index (Phi) is 8.53. The van der Waals surface area contributed by atoms with E-state index in [0.717, 1.165) is 70.9 Å². The Bertz CT molecular complexity index is 872. The lowest BCUT2D eigenvalue weighted by Crippen LogP contribution is -2.40. The van der Waals surface area contributed by atoms with Gasteiger partial charge in [0.05, 0.1) is 0 Å². The molecule has 3 aliphatic rings. The van der Waals surface area contributed by atoms with Crippen molar-refractivity contribution >= 4 is 29.0 Å². The van der Waals surface area contributed by atoms with Crippen molar-refractivity contribution in [1.82, 2.24) is 14.8 Å². The Morgan fingerprint density at radius 2 is 1.76 bits per heavy atom. The summed E-state index contributed by atoms with van der Waals surface area (Å²) in [6, 6.07) is 3.86. The molecule has 4 heterocycles. The van der Waals surface area contributed by atoms with Gasteiger partial charge in [0, 0.05) is 58.2 Å². The number of anilines is 2. The molecule has 0 aromatic carbocycles. The lowest BCUT2D eigenvalue weighted by atomic mass is 9.89. The van der Waals surface area contributed by atoms with E-state index in [9.17, 15) is 9.59 Å². The van der Waals surface area contributed by atoms with Crippen LogP contribution in [-0.2, 0) is 9.59 Å². The number of piperidine rings is 1. The molecular formula is C26H40N6O2. The fourth-order valence-electron chi connectivity index (χ4n) is 5.45. The number of Topliss-reactive ketones (excluding diaryl/α,β-unsaturated/α-hetero) is 1. The smallest absolute Gasteiger partial charge is 0.222 e. The monoisotopic (exact) mass is 468 g/mol. The molecule has 0 radical (unpaired) electrons. The van der Waals surface area contributed by atoms with Crippen molar-refractivity contribution in [3.63, 3.8) is 0 Å². The number of aromatic nitrogens is 1. The molecule has 1 amide bonds. The zero-order chi connectivity index (χ0) is 23.9. The van der Waals surface area contributed by atoms with E-state index >= 15 is 0 Å². The van der Waals surface area contributed by atoms with Crippen molar-refractivity contribution in [3.8, 4) is 0 Å². The Labute approximate surface area is 203 Å². The SMILES string of the molecule is CNc1nc(N2CCCCCC2)ccc1C(=N)C(=O)CC1CCN(CCN2CCCC2=O)CC1. The third-order valence-corrected chi connectivity index (χ3v) is 7.63. The molecule has 0 bridgehead atoms. The molecule has 0 unspecified atom stereocenters. The average Bonchev–Trinajstić information content (AvgIpc) is 3.09. The van der Waals surface area contributed by atoms with Crippen LogP contribution in [0.3, 0.4) is 0 Å². The van der Waals surface area contributed by atoms with Crippen molar-refractivity contribution in [2.45, 2.75) is 57.8 Å². The summed E-state index contributed by atoms with van der Waals surface area (Å²) in [6.45, 7) is 6.58. The van der Waals surface area contributed by atoms with Gasteiger partial charge in [0.25, 0.3) is 0 Å². The molecule has 186 valence electrons.